The molecule has 0 saturated carbocycles. The van der Waals surface area contributed by atoms with E-state index in [2.05, 4.69) is 20.3 Å². The number of nitrogens with zero attached hydrogens (tertiary/aromatic N) is 4. The predicted octanol–water partition coefficient (Wildman–Crippen LogP) is 2.02. The van der Waals surface area contributed by atoms with Crippen LogP contribution in [-0.2, 0) is 4.74 Å². The molecular formula is C15H20FN5O2. The van der Waals surface area contributed by atoms with Crippen LogP contribution >= 0.6 is 0 Å². The van der Waals surface area contributed by atoms with Crippen molar-refractivity contribution in [1.29, 1.82) is 0 Å². The highest BCUT2D eigenvalue weighted by atomic mass is 19.1. The number of halogens is 1. The molecule has 0 aromatic carbocycles. The van der Waals surface area contributed by atoms with E-state index in [1.807, 2.05) is 13.0 Å². The second-order valence-electron chi connectivity index (χ2n) is 5.58. The largest absolute Gasteiger partial charge is 0.392 e. The molecule has 2 aromatic rings. The van der Waals surface area contributed by atoms with Crippen molar-refractivity contribution in [3.8, 4) is 0 Å². The third-order valence-corrected chi connectivity index (χ3v) is 3.83. The molecular weight excluding hydrogens is 301 g/mol. The van der Waals surface area contributed by atoms with Gasteiger partial charge in [-0.05, 0) is 26.2 Å². The Hall–Kier alpha value is -2.06. The fourth-order valence-corrected chi connectivity index (χ4v) is 2.55. The van der Waals surface area contributed by atoms with Gasteiger partial charge in [-0.2, -0.15) is 14.4 Å². The standard InChI is InChI=1S/C15H20FN5O2/c1-10(8-22)5-6-17-13-12-14(20-15(16)19-13)21(9-18-12)11-4-2-3-7-23-11/h5,9,11,22H,2-4,6-8H2,1H3,(H,17,19,20)/b10-5+. The zero-order chi connectivity index (χ0) is 16.2. The first-order chi connectivity index (χ1) is 11.2. The third kappa shape index (κ3) is 3.48. The number of aliphatic hydroxyl groups is 1. The van der Waals surface area contributed by atoms with E-state index in [0.717, 1.165) is 24.8 Å². The zero-order valence-electron chi connectivity index (χ0n) is 13.0. The normalized spacial score (nSPS) is 19.3. The Morgan fingerprint density at radius 1 is 1.52 bits per heavy atom. The molecule has 3 heterocycles. The van der Waals surface area contributed by atoms with E-state index >= 15 is 0 Å². The van der Waals surface area contributed by atoms with Gasteiger partial charge in [0, 0.05) is 13.2 Å². The van der Waals surface area contributed by atoms with Gasteiger partial charge in [-0.1, -0.05) is 11.6 Å². The van der Waals surface area contributed by atoms with Gasteiger partial charge in [0.05, 0.1) is 12.9 Å². The van der Waals surface area contributed by atoms with Gasteiger partial charge in [0.2, 0.25) is 0 Å². The minimum absolute atomic E-state index is 0.0110. The van der Waals surface area contributed by atoms with Crippen LogP contribution in [0.5, 0.6) is 0 Å². The number of aliphatic hydroxyl groups excluding tert-OH is 1. The molecule has 0 amide bonds. The molecule has 1 unspecified atom stereocenters. The smallest absolute Gasteiger partial charge is 0.312 e. The maximum Gasteiger partial charge on any atom is 0.312 e. The lowest BCUT2D eigenvalue weighted by molar-refractivity contribution is -0.0298. The van der Waals surface area contributed by atoms with E-state index in [1.54, 1.807) is 10.9 Å². The number of imidazole rings is 1. The summed E-state index contributed by atoms with van der Waals surface area (Å²) < 4.78 is 21.3. The molecule has 0 bridgehead atoms. The highest BCUT2D eigenvalue weighted by Crippen LogP contribution is 2.27. The predicted molar refractivity (Wildman–Crippen MR) is 83.5 cm³/mol. The number of rotatable bonds is 5. The highest BCUT2D eigenvalue weighted by molar-refractivity contribution is 5.82. The summed E-state index contributed by atoms with van der Waals surface area (Å²) in [4.78, 5) is 12.0. The second-order valence-corrected chi connectivity index (χ2v) is 5.58. The fraction of sp³-hybridized carbons (Fsp3) is 0.533. The van der Waals surface area contributed by atoms with E-state index in [1.165, 1.54) is 0 Å². The molecule has 8 heteroatoms. The van der Waals surface area contributed by atoms with Crippen molar-refractivity contribution in [1.82, 2.24) is 19.5 Å². The quantitative estimate of drug-likeness (QED) is 0.647. The Morgan fingerprint density at radius 3 is 3.13 bits per heavy atom. The van der Waals surface area contributed by atoms with Crippen molar-refractivity contribution >= 4 is 17.0 Å². The van der Waals surface area contributed by atoms with Gasteiger partial charge in [-0.25, -0.2) is 4.98 Å². The Morgan fingerprint density at radius 2 is 2.39 bits per heavy atom. The van der Waals surface area contributed by atoms with E-state index in [4.69, 9.17) is 9.84 Å². The third-order valence-electron chi connectivity index (χ3n) is 3.83. The van der Waals surface area contributed by atoms with Crippen LogP contribution in [0.4, 0.5) is 10.2 Å². The molecule has 7 nitrogen and oxygen atoms in total. The number of nitrogens with one attached hydrogen (secondary N) is 1. The lowest BCUT2D eigenvalue weighted by atomic mass is 10.2. The van der Waals surface area contributed by atoms with E-state index in [9.17, 15) is 4.39 Å². The molecule has 2 aromatic heterocycles. The summed E-state index contributed by atoms with van der Waals surface area (Å²) >= 11 is 0. The second kappa shape index (κ2) is 7.01. The van der Waals surface area contributed by atoms with Gasteiger partial charge in [-0.3, -0.25) is 4.57 Å². The molecule has 1 aliphatic rings. The summed E-state index contributed by atoms with van der Waals surface area (Å²) in [5.74, 6) is 0.337. The van der Waals surface area contributed by atoms with Crippen LogP contribution in [0, 0.1) is 6.08 Å². The van der Waals surface area contributed by atoms with Crippen molar-refractivity contribution in [2.75, 3.05) is 25.1 Å². The van der Waals surface area contributed by atoms with Crippen LogP contribution in [0.15, 0.2) is 18.0 Å². The van der Waals surface area contributed by atoms with Crippen LogP contribution in [0.25, 0.3) is 11.2 Å². The van der Waals surface area contributed by atoms with Gasteiger partial charge < -0.3 is 15.2 Å². The molecule has 1 fully saturated rings. The number of fused-ring (bicyclic) bond motifs is 1. The van der Waals surface area contributed by atoms with Gasteiger partial charge >= 0.3 is 6.08 Å². The fourth-order valence-electron chi connectivity index (χ4n) is 2.55. The van der Waals surface area contributed by atoms with Gasteiger partial charge in [-0.15, -0.1) is 0 Å². The minimum atomic E-state index is -0.805. The Balaban J connectivity index is 1.89. The summed E-state index contributed by atoms with van der Waals surface area (Å²) in [7, 11) is 0. The molecule has 1 atom stereocenters. The lowest BCUT2D eigenvalue weighted by Crippen LogP contribution is -2.18. The number of hydrogen-bond acceptors (Lipinski definition) is 6. The van der Waals surface area contributed by atoms with Gasteiger partial charge in [0.15, 0.2) is 17.0 Å². The summed E-state index contributed by atoms with van der Waals surface area (Å²) in [6.45, 7) is 2.91. The number of anilines is 1. The molecule has 0 radical (unpaired) electrons. The van der Waals surface area contributed by atoms with Gasteiger partial charge in [0.25, 0.3) is 0 Å². The summed E-state index contributed by atoms with van der Waals surface area (Å²) in [6.07, 6.45) is 5.43. The first-order valence-electron chi connectivity index (χ1n) is 7.71. The Kier molecular flexibility index (Phi) is 4.82. The molecule has 0 spiro atoms. The van der Waals surface area contributed by atoms with Crippen molar-refractivity contribution in [3.05, 3.63) is 24.1 Å². The summed E-state index contributed by atoms with van der Waals surface area (Å²) in [5.41, 5.74) is 1.76. The van der Waals surface area contributed by atoms with Crippen LogP contribution in [0.1, 0.15) is 32.4 Å². The number of aromatic nitrogens is 4. The SMILES string of the molecule is C/C(=C\CNc1nc(F)nc2c1ncn2C1CCCCO1)CO. The van der Waals surface area contributed by atoms with Crippen LogP contribution in [-0.4, -0.2) is 44.4 Å². The Bertz CT molecular complexity index is 709. The molecule has 0 aliphatic carbocycles. The Labute approximate surface area is 133 Å². The van der Waals surface area contributed by atoms with E-state index in [-0.39, 0.29) is 12.8 Å². The zero-order valence-corrected chi connectivity index (χ0v) is 13.0. The average molecular weight is 321 g/mol. The number of hydrogen-bond donors (Lipinski definition) is 2. The topological polar surface area (TPSA) is 85.1 Å². The first kappa shape index (κ1) is 15.8. The van der Waals surface area contributed by atoms with Crippen molar-refractivity contribution in [2.24, 2.45) is 0 Å². The molecule has 124 valence electrons. The molecule has 3 rings (SSSR count). The first-order valence-corrected chi connectivity index (χ1v) is 7.71. The van der Waals surface area contributed by atoms with Gasteiger partial charge in [0.1, 0.15) is 6.23 Å². The molecule has 1 saturated heterocycles. The maximum atomic E-state index is 13.8. The van der Waals surface area contributed by atoms with E-state index < -0.39 is 6.08 Å². The lowest BCUT2D eigenvalue weighted by Gasteiger charge is -2.23. The van der Waals surface area contributed by atoms with Crippen LogP contribution < -0.4 is 5.32 Å². The molecule has 2 N–H and O–H groups in total. The number of ether oxygens (including phenoxy) is 1. The minimum Gasteiger partial charge on any atom is -0.392 e. The molecule has 1 aliphatic heterocycles. The molecule has 23 heavy (non-hydrogen) atoms. The van der Waals surface area contributed by atoms with Crippen molar-refractivity contribution in [2.45, 2.75) is 32.4 Å². The maximum absolute atomic E-state index is 13.8. The summed E-state index contributed by atoms with van der Waals surface area (Å²) in [6, 6.07) is 0. The highest BCUT2D eigenvalue weighted by Gasteiger charge is 2.21. The van der Waals surface area contributed by atoms with Crippen molar-refractivity contribution in [3.63, 3.8) is 0 Å². The van der Waals surface area contributed by atoms with Crippen LogP contribution in [0.3, 0.4) is 0 Å². The summed E-state index contributed by atoms with van der Waals surface area (Å²) in [5, 5.41) is 12.0. The monoisotopic (exact) mass is 321 g/mol. The van der Waals surface area contributed by atoms with Crippen LogP contribution in [0.2, 0.25) is 0 Å². The van der Waals surface area contributed by atoms with E-state index in [0.29, 0.717) is 30.1 Å². The average Bonchev–Trinajstić information content (AvgIpc) is 2.99. The van der Waals surface area contributed by atoms with Crippen molar-refractivity contribution < 1.29 is 14.2 Å².